The maximum absolute atomic E-state index is 12.9. The molecule has 4 nitrogen and oxygen atoms in total. The van der Waals surface area contributed by atoms with Gasteiger partial charge < -0.3 is 9.80 Å². The highest BCUT2D eigenvalue weighted by atomic mass is 32.1. The van der Waals surface area contributed by atoms with Crippen LogP contribution in [0.2, 0.25) is 0 Å². The summed E-state index contributed by atoms with van der Waals surface area (Å²) in [6.07, 6.45) is 1.28. The number of carbonyl (C=O) groups excluding carboxylic acids is 2. The lowest BCUT2D eigenvalue weighted by Gasteiger charge is -2.24. The minimum atomic E-state index is -0.252. The van der Waals surface area contributed by atoms with Gasteiger partial charge in [-0.3, -0.25) is 9.59 Å². The quantitative estimate of drug-likeness (QED) is 0.792. The van der Waals surface area contributed by atoms with E-state index >= 15 is 0 Å². The Morgan fingerprint density at radius 3 is 2.60 bits per heavy atom. The zero-order valence-electron chi connectivity index (χ0n) is 14.8. The zero-order valence-corrected chi connectivity index (χ0v) is 15.6. The molecule has 1 unspecified atom stereocenters. The number of carbonyl (C=O) groups is 2. The predicted molar refractivity (Wildman–Crippen MR) is 102 cm³/mol. The van der Waals surface area contributed by atoms with E-state index in [-0.39, 0.29) is 17.7 Å². The second-order valence-electron chi connectivity index (χ2n) is 6.36. The largest absolute Gasteiger partial charge is 0.338 e. The van der Waals surface area contributed by atoms with Gasteiger partial charge in [0.25, 0.3) is 0 Å². The van der Waals surface area contributed by atoms with Crippen LogP contribution in [0.15, 0.2) is 41.8 Å². The van der Waals surface area contributed by atoms with E-state index in [0.717, 1.165) is 12.1 Å². The third-order valence-corrected chi connectivity index (χ3v) is 5.61. The van der Waals surface area contributed by atoms with E-state index in [1.54, 1.807) is 16.2 Å². The van der Waals surface area contributed by atoms with Crippen LogP contribution in [-0.4, -0.2) is 29.8 Å². The molecular weight excluding hydrogens is 332 g/mol. The van der Waals surface area contributed by atoms with Gasteiger partial charge in [-0.25, -0.2) is 0 Å². The van der Waals surface area contributed by atoms with E-state index in [0.29, 0.717) is 26.1 Å². The molecule has 3 rings (SSSR count). The van der Waals surface area contributed by atoms with Gasteiger partial charge in [0, 0.05) is 30.1 Å². The molecule has 2 amide bonds. The van der Waals surface area contributed by atoms with Gasteiger partial charge in [-0.1, -0.05) is 25.1 Å². The van der Waals surface area contributed by atoms with Crippen molar-refractivity contribution in [2.24, 2.45) is 5.92 Å². The first-order chi connectivity index (χ1) is 12.1. The van der Waals surface area contributed by atoms with Crippen molar-refractivity contribution in [3.8, 4) is 0 Å². The predicted octanol–water partition coefficient (Wildman–Crippen LogP) is 3.71. The molecule has 1 aromatic carbocycles. The fourth-order valence-electron chi connectivity index (χ4n) is 3.23. The lowest BCUT2D eigenvalue weighted by molar-refractivity contribution is -0.136. The Kier molecular flexibility index (Phi) is 5.53. The molecule has 2 aromatic rings. The molecule has 2 heterocycles. The summed E-state index contributed by atoms with van der Waals surface area (Å²) in [7, 11) is 0. The lowest BCUT2D eigenvalue weighted by Crippen LogP contribution is -2.36. The Balaban J connectivity index is 1.68. The molecule has 25 heavy (non-hydrogen) atoms. The standard InChI is InChI=1S/C20H24N2O2S/c1-3-15-7-9-17(10-8-15)22-13-16(12-19(22)23)20(24)21(4-2)14-18-6-5-11-25-18/h5-11,16H,3-4,12-14H2,1-2H3. The van der Waals surface area contributed by atoms with Crippen LogP contribution < -0.4 is 4.90 Å². The molecular formula is C20H24N2O2S. The van der Waals surface area contributed by atoms with Crippen molar-refractivity contribution in [3.05, 3.63) is 52.2 Å². The molecule has 1 aliphatic rings. The number of nitrogens with zero attached hydrogens (tertiary/aromatic N) is 2. The third kappa shape index (κ3) is 3.93. The van der Waals surface area contributed by atoms with Crippen molar-refractivity contribution in [1.29, 1.82) is 0 Å². The molecule has 1 aromatic heterocycles. The molecule has 0 aliphatic carbocycles. The maximum atomic E-state index is 12.9. The lowest BCUT2D eigenvalue weighted by atomic mass is 10.1. The Hall–Kier alpha value is -2.14. The van der Waals surface area contributed by atoms with Crippen LogP contribution in [0.4, 0.5) is 5.69 Å². The molecule has 0 saturated carbocycles. The van der Waals surface area contributed by atoms with Crippen molar-refractivity contribution < 1.29 is 9.59 Å². The first-order valence-electron chi connectivity index (χ1n) is 8.82. The van der Waals surface area contributed by atoms with Crippen LogP contribution in [-0.2, 0) is 22.6 Å². The van der Waals surface area contributed by atoms with Crippen LogP contribution >= 0.6 is 11.3 Å². The van der Waals surface area contributed by atoms with E-state index in [1.807, 2.05) is 53.6 Å². The number of rotatable bonds is 6. The molecule has 0 spiro atoms. The van der Waals surface area contributed by atoms with Crippen molar-refractivity contribution in [3.63, 3.8) is 0 Å². The minimum Gasteiger partial charge on any atom is -0.338 e. The van der Waals surface area contributed by atoms with Gasteiger partial charge in [-0.2, -0.15) is 0 Å². The molecule has 5 heteroatoms. The van der Waals surface area contributed by atoms with Crippen LogP contribution in [0, 0.1) is 5.92 Å². The van der Waals surface area contributed by atoms with Crippen molar-refractivity contribution in [1.82, 2.24) is 4.90 Å². The summed E-state index contributed by atoms with van der Waals surface area (Å²) in [5.74, 6) is -0.134. The monoisotopic (exact) mass is 356 g/mol. The summed E-state index contributed by atoms with van der Waals surface area (Å²) < 4.78 is 0. The van der Waals surface area contributed by atoms with Gasteiger partial charge in [0.1, 0.15) is 0 Å². The Morgan fingerprint density at radius 1 is 1.24 bits per heavy atom. The average Bonchev–Trinajstić information content (AvgIpc) is 3.28. The number of amides is 2. The maximum Gasteiger partial charge on any atom is 0.228 e. The Labute approximate surface area is 153 Å². The van der Waals surface area contributed by atoms with Gasteiger partial charge >= 0.3 is 0 Å². The molecule has 1 aliphatic heterocycles. The van der Waals surface area contributed by atoms with E-state index in [9.17, 15) is 9.59 Å². The highest BCUT2D eigenvalue weighted by Crippen LogP contribution is 2.27. The molecule has 1 fully saturated rings. The smallest absolute Gasteiger partial charge is 0.228 e. The van der Waals surface area contributed by atoms with Crippen LogP contribution in [0.1, 0.15) is 30.7 Å². The normalized spacial score (nSPS) is 17.1. The fraction of sp³-hybridized carbons (Fsp3) is 0.400. The topological polar surface area (TPSA) is 40.6 Å². The summed E-state index contributed by atoms with van der Waals surface area (Å²) >= 11 is 1.66. The van der Waals surface area contributed by atoms with Crippen molar-refractivity contribution >= 4 is 28.8 Å². The van der Waals surface area contributed by atoms with Gasteiger partial charge in [-0.15, -0.1) is 11.3 Å². The van der Waals surface area contributed by atoms with E-state index in [2.05, 4.69) is 6.92 Å². The SMILES string of the molecule is CCc1ccc(N2CC(C(=O)N(CC)Cc3cccs3)CC2=O)cc1. The van der Waals surface area contributed by atoms with Crippen molar-refractivity contribution in [2.75, 3.05) is 18.0 Å². The first kappa shape index (κ1) is 17.7. The highest BCUT2D eigenvalue weighted by Gasteiger charge is 2.36. The van der Waals surface area contributed by atoms with Gasteiger partial charge in [0.15, 0.2) is 0 Å². The fourth-order valence-corrected chi connectivity index (χ4v) is 3.95. The summed E-state index contributed by atoms with van der Waals surface area (Å²) in [4.78, 5) is 30.1. The molecule has 0 bridgehead atoms. The van der Waals surface area contributed by atoms with E-state index in [4.69, 9.17) is 0 Å². The number of hydrogen-bond donors (Lipinski definition) is 0. The van der Waals surface area contributed by atoms with Gasteiger partial charge in [0.2, 0.25) is 11.8 Å². The molecule has 1 atom stereocenters. The van der Waals surface area contributed by atoms with E-state index in [1.165, 1.54) is 10.4 Å². The summed E-state index contributed by atoms with van der Waals surface area (Å²) in [6, 6.07) is 12.1. The zero-order chi connectivity index (χ0) is 17.8. The molecule has 132 valence electrons. The van der Waals surface area contributed by atoms with Gasteiger partial charge in [0.05, 0.1) is 12.5 Å². The Bertz CT molecular complexity index is 725. The minimum absolute atomic E-state index is 0.0368. The van der Waals surface area contributed by atoms with Crippen LogP contribution in [0.5, 0.6) is 0 Å². The Morgan fingerprint density at radius 2 is 2.00 bits per heavy atom. The van der Waals surface area contributed by atoms with Crippen LogP contribution in [0.3, 0.4) is 0 Å². The van der Waals surface area contributed by atoms with E-state index < -0.39 is 0 Å². The number of benzene rings is 1. The number of anilines is 1. The summed E-state index contributed by atoms with van der Waals surface area (Å²) in [5, 5.41) is 2.02. The summed E-state index contributed by atoms with van der Waals surface area (Å²) in [6.45, 7) is 5.86. The first-order valence-corrected chi connectivity index (χ1v) is 9.70. The number of aryl methyl sites for hydroxylation is 1. The summed E-state index contributed by atoms with van der Waals surface area (Å²) in [5.41, 5.74) is 2.13. The van der Waals surface area contributed by atoms with Crippen LogP contribution in [0.25, 0.3) is 0 Å². The highest BCUT2D eigenvalue weighted by molar-refractivity contribution is 7.09. The number of thiophene rings is 1. The molecule has 0 N–H and O–H groups in total. The van der Waals surface area contributed by atoms with Crippen molar-refractivity contribution in [2.45, 2.75) is 33.2 Å². The molecule has 0 radical (unpaired) electrons. The average molecular weight is 356 g/mol. The number of hydrogen-bond acceptors (Lipinski definition) is 3. The second-order valence-corrected chi connectivity index (χ2v) is 7.39. The van der Waals surface area contributed by atoms with Gasteiger partial charge in [-0.05, 0) is 42.5 Å². The third-order valence-electron chi connectivity index (χ3n) is 4.75. The second kappa shape index (κ2) is 7.83. The molecule has 1 saturated heterocycles.